The average molecular weight is 348 g/mol. The summed E-state index contributed by atoms with van der Waals surface area (Å²) in [6.07, 6.45) is 1.52. The van der Waals surface area contributed by atoms with Crippen molar-refractivity contribution in [1.82, 2.24) is 9.80 Å². The lowest BCUT2D eigenvalue weighted by Crippen LogP contribution is -2.57. The van der Waals surface area contributed by atoms with Crippen LogP contribution < -0.4 is 4.74 Å². The second-order valence-electron chi connectivity index (χ2n) is 7.13. The van der Waals surface area contributed by atoms with E-state index in [9.17, 15) is 15.0 Å². The van der Waals surface area contributed by atoms with Gasteiger partial charge in [-0.15, -0.1) is 0 Å². The lowest BCUT2D eigenvalue weighted by Gasteiger charge is -2.43. The van der Waals surface area contributed by atoms with Crippen molar-refractivity contribution in [2.75, 3.05) is 33.3 Å². The van der Waals surface area contributed by atoms with E-state index < -0.39 is 6.10 Å². The maximum atomic E-state index is 12.8. The Bertz CT molecular complexity index is 613. The number of β-amino-alcohol motifs (C(OH)–C–C–N with tert-alkyl or cyclic N) is 1. The van der Waals surface area contributed by atoms with E-state index in [2.05, 4.69) is 4.90 Å². The first kappa shape index (κ1) is 18.2. The third-order valence-corrected chi connectivity index (χ3v) is 5.44. The molecule has 0 aromatic heterocycles. The smallest absolute Gasteiger partial charge is 0.253 e. The summed E-state index contributed by atoms with van der Waals surface area (Å²) in [5.74, 6) is 0.722. The quantitative estimate of drug-likeness (QED) is 0.854. The monoisotopic (exact) mass is 348 g/mol. The van der Waals surface area contributed by atoms with Crippen molar-refractivity contribution in [3.63, 3.8) is 0 Å². The second kappa shape index (κ2) is 7.72. The first-order valence-corrected chi connectivity index (χ1v) is 9.03. The fourth-order valence-corrected chi connectivity index (χ4v) is 3.94. The first-order chi connectivity index (χ1) is 12.0. The van der Waals surface area contributed by atoms with Crippen LogP contribution >= 0.6 is 0 Å². The number of carbonyl (C=O) groups excluding carboxylic acids is 1. The average Bonchev–Trinajstić information content (AvgIpc) is 2.62. The third kappa shape index (κ3) is 3.97. The molecule has 2 N–H and O–H groups in total. The maximum Gasteiger partial charge on any atom is 0.253 e. The maximum absolute atomic E-state index is 12.8. The van der Waals surface area contributed by atoms with Crippen molar-refractivity contribution in [2.45, 2.75) is 44.4 Å². The van der Waals surface area contributed by atoms with E-state index >= 15 is 0 Å². The number of amides is 1. The number of carbonyl (C=O) groups is 1. The number of rotatable bonds is 3. The van der Waals surface area contributed by atoms with Gasteiger partial charge in [-0.2, -0.15) is 0 Å². The highest BCUT2D eigenvalue weighted by Crippen LogP contribution is 2.24. The van der Waals surface area contributed by atoms with Crippen LogP contribution in [0.1, 0.15) is 35.2 Å². The summed E-state index contributed by atoms with van der Waals surface area (Å²) >= 11 is 0. The van der Waals surface area contributed by atoms with Gasteiger partial charge in [-0.25, -0.2) is 0 Å². The van der Waals surface area contributed by atoms with Gasteiger partial charge in [0.25, 0.3) is 5.91 Å². The fraction of sp³-hybridized carbons (Fsp3) is 0.632. The molecular formula is C19H28N2O4. The summed E-state index contributed by atoms with van der Waals surface area (Å²) in [5.41, 5.74) is 1.56. The van der Waals surface area contributed by atoms with Crippen molar-refractivity contribution >= 4 is 5.91 Å². The zero-order valence-corrected chi connectivity index (χ0v) is 15.0. The normalized spacial score (nSPS) is 25.8. The van der Waals surface area contributed by atoms with Gasteiger partial charge in [0, 0.05) is 37.8 Å². The first-order valence-electron chi connectivity index (χ1n) is 9.03. The van der Waals surface area contributed by atoms with Crippen LogP contribution in [0, 0.1) is 6.92 Å². The molecule has 3 rings (SSSR count). The van der Waals surface area contributed by atoms with Crippen LogP contribution in [-0.2, 0) is 0 Å². The van der Waals surface area contributed by atoms with Crippen LogP contribution in [0.25, 0.3) is 0 Å². The molecule has 25 heavy (non-hydrogen) atoms. The van der Waals surface area contributed by atoms with E-state index in [-0.39, 0.29) is 18.1 Å². The van der Waals surface area contributed by atoms with E-state index in [1.54, 1.807) is 18.1 Å². The van der Waals surface area contributed by atoms with Gasteiger partial charge in [0.15, 0.2) is 0 Å². The third-order valence-electron chi connectivity index (χ3n) is 5.44. The van der Waals surface area contributed by atoms with Gasteiger partial charge >= 0.3 is 0 Å². The Hall–Kier alpha value is -1.63. The van der Waals surface area contributed by atoms with E-state index in [0.29, 0.717) is 18.7 Å². The SMILES string of the molecule is COc1ccc(C(=O)N2CC[C@@H](N3CCC(O)CC3)[C@H](O)C2)cc1C. The van der Waals surface area contributed by atoms with Crippen molar-refractivity contribution < 1.29 is 19.7 Å². The van der Waals surface area contributed by atoms with Gasteiger partial charge in [-0.1, -0.05) is 0 Å². The number of benzene rings is 1. The van der Waals surface area contributed by atoms with Gasteiger partial charge < -0.3 is 19.8 Å². The molecule has 1 aromatic rings. The Morgan fingerprint density at radius 2 is 1.88 bits per heavy atom. The summed E-state index contributed by atoms with van der Waals surface area (Å²) in [7, 11) is 1.62. The number of aliphatic hydroxyl groups excluding tert-OH is 2. The summed E-state index contributed by atoms with van der Waals surface area (Å²) in [5, 5.41) is 20.2. The molecule has 1 amide bonds. The Kier molecular flexibility index (Phi) is 5.61. The Morgan fingerprint density at radius 1 is 1.16 bits per heavy atom. The van der Waals surface area contributed by atoms with Gasteiger partial charge in [-0.3, -0.25) is 9.69 Å². The van der Waals surface area contributed by atoms with Gasteiger partial charge in [0.2, 0.25) is 0 Å². The number of nitrogens with zero attached hydrogens (tertiary/aromatic N) is 2. The van der Waals surface area contributed by atoms with Crippen molar-refractivity contribution in [3.05, 3.63) is 29.3 Å². The molecule has 138 valence electrons. The lowest BCUT2D eigenvalue weighted by atomic mass is 9.96. The molecule has 0 radical (unpaired) electrons. The van der Waals surface area contributed by atoms with Crippen LogP contribution in [0.3, 0.4) is 0 Å². The summed E-state index contributed by atoms with van der Waals surface area (Å²) < 4.78 is 5.24. The highest BCUT2D eigenvalue weighted by Gasteiger charge is 2.35. The highest BCUT2D eigenvalue weighted by atomic mass is 16.5. The van der Waals surface area contributed by atoms with Crippen LogP contribution in [0.5, 0.6) is 5.75 Å². The number of hydrogen-bond donors (Lipinski definition) is 2. The highest BCUT2D eigenvalue weighted by molar-refractivity contribution is 5.94. The molecule has 2 fully saturated rings. The summed E-state index contributed by atoms with van der Waals surface area (Å²) in [6, 6.07) is 5.50. The lowest BCUT2D eigenvalue weighted by molar-refractivity contribution is -0.0291. The predicted molar refractivity (Wildman–Crippen MR) is 94.9 cm³/mol. The molecule has 0 bridgehead atoms. The number of ether oxygens (including phenoxy) is 1. The molecule has 0 unspecified atom stereocenters. The number of piperidine rings is 2. The minimum absolute atomic E-state index is 0.0441. The van der Waals surface area contributed by atoms with Crippen molar-refractivity contribution in [3.8, 4) is 5.75 Å². The molecule has 2 aliphatic rings. The molecule has 0 aliphatic carbocycles. The molecule has 2 atom stereocenters. The summed E-state index contributed by atoms with van der Waals surface area (Å²) in [6.45, 7) is 4.54. The Labute approximate surface area is 149 Å². The van der Waals surface area contributed by atoms with Crippen LogP contribution in [-0.4, -0.2) is 77.5 Å². The van der Waals surface area contributed by atoms with Crippen LogP contribution in [0.15, 0.2) is 18.2 Å². The van der Waals surface area contributed by atoms with E-state index in [1.807, 2.05) is 19.1 Å². The van der Waals surface area contributed by atoms with Gasteiger partial charge in [-0.05, 0) is 49.9 Å². The van der Waals surface area contributed by atoms with Crippen molar-refractivity contribution in [1.29, 1.82) is 0 Å². The summed E-state index contributed by atoms with van der Waals surface area (Å²) in [4.78, 5) is 16.7. The molecule has 2 aliphatic heterocycles. The standard InChI is InChI=1S/C19H28N2O4/c1-13-11-14(3-4-18(13)25-2)19(24)21-10-7-16(17(23)12-21)20-8-5-15(22)6-9-20/h3-4,11,15-17,22-23H,5-10,12H2,1-2H3/t16-,17-/m1/s1. The number of likely N-dealkylation sites (tertiary alicyclic amines) is 2. The van der Waals surface area contributed by atoms with Crippen LogP contribution in [0.4, 0.5) is 0 Å². The van der Waals surface area contributed by atoms with Gasteiger partial charge in [0.1, 0.15) is 5.75 Å². The molecule has 0 spiro atoms. The topological polar surface area (TPSA) is 73.2 Å². The van der Waals surface area contributed by atoms with E-state index in [1.165, 1.54) is 0 Å². The minimum atomic E-state index is -0.549. The second-order valence-corrected chi connectivity index (χ2v) is 7.13. The number of hydrogen-bond acceptors (Lipinski definition) is 5. The molecule has 0 saturated carbocycles. The zero-order chi connectivity index (χ0) is 18.0. The number of aliphatic hydroxyl groups is 2. The molecular weight excluding hydrogens is 320 g/mol. The molecule has 2 heterocycles. The molecule has 6 nitrogen and oxygen atoms in total. The zero-order valence-electron chi connectivity index (χ0n) is 15.0. The van der Waals surface area contributed by atoms with Crippen LogP contribution in [0.2, 0.25) is 0 Å². The number of aryl methyl sites for hydroxylation is 1. The fourth-order valence-electron chi connectivity index (χ4n) is 3.94. The van der Waals surface area contributed by atoms with E-state index in [4.69, 9.17) is 4.74 Å². The van der Waals surface area contributed by atoms with Crippen molar-refractivity contribution in [2.24, 2.45) is 0 Å². The van der Waals surface area contributed by atoms with Gasteiger partial charge in [0.05, 0.1) is 19.3 Å². The Morgan fingerprint density at radius 3 is 2.48 bits per heavy atom. The Balaban J connectivity index is 1.62. The molecule has 2 saturated heterocycles. The largest absolute Gasteiger partial charge is 0.496 e. The molecule has 6 heteroatoms. The predicted octanol–water partition coefficient (Wildman–Crippen LogP) is 1.04. The number of methoxy groups -OCH3 is 1. The minimum Gasteiger partial charge on any atom is -0.496 e. The van der Waals surface area contributed by atoms with E-state index in [0.717, 1.165) is 43.7 Å². The molecule has 1 aromatic carbocycles.